The van der Waals surface area contributed by atoms with Crippen molar-refractivity contribution in [3.8, 4) is 45.3 Å². The van der Waals surface area contributed by atoms with E-state index >= 15 is 0 Å². The van der Waals surface area contributed by atoms with Crippen molar-refractivity contribution in [2.24, 2.45) is 0 Å². The maximum Gasteiger partial charge on any atom is 0.164 e. The zero-order chi connectivity index (χ0) is 29.7. The van der Waals surface area contributed by atoms with Crippen LogP contribution >= 0.6 is 11.3 Å². The van der Waals surface area contributed by atoms with Gasteiger partial charge < -0.3 is 0 Å². The Morgan fingerprint density at radius 1 is 0.333 bits per heavy atom. The molecule has 0 spiro atoms. The lowest BCUT2D eigenvalue weighted by Gasteiger charge is -2.10. The molecule has 0 aliphatic carbocycles. The molecule has 0 aliphatic rings. The van der Waals surface area contributed by atoms with Gasteiger partial charge in [-0.1, -0.05) is 133 Å². The van der Waals surface area contributed by atoms with Crippen LogP contribution in [-0.2, 0) is 0 Å². The molecule has 2 aromatic heterocycles. The predicted octanol–water partition coefficient (Wildman–Crippen LogP) is 11.2. The average Bonchev–Trinajstić information content (AvgIpc) is 3.51. The minimum Gasteiger partial charge on any atom is -0.208 e. The van der Waals surface area contributed by atoms with E-state index in [2.05, 4.69) is 121 Å². The minimum atomic E-state index is 0.657. The van der Waals surface area contributed by atoms with Gasteiger partial charge in [0.1, 0.15) is 0 Å². The number of nitrogens with zero attached hydrogens (tertiary/aromatic N) is 3. The van der Waals surface area contributed by atoms with Gasteiger partial charge in [-0.05, 0) is 45.5 Å². The summed E-state index contributed by atoms with van der Waals surface area (Å²) in [5.74, 6) is 1.98. The van der Waals surface area contributed by atoms with Crippen LogP contribution in [0.2, 0.25) is 0 Å². The Kier molecular flexibility index (Phi) is 6.00. The molecular formula is C41H25N3S. The fraction of sp³-hybridized carbons (Fsp3) is 0. The van der Waals surface area contributed by atoms with E-state index in [0.29, 0.717) is 17.5 Å². The molecule has 0 N–H and O–H groups in total. The summed E-state index contributed by atoms with van der Waals surface area (Å²) in [6.07, 6.45) is 0. The molecule has 9 aromatic rings. The molecular weight excluding hydrogens is 567 g/mol. The first-order valence-electron chi connectivity index (χ1n) is 15.0. The van der Waals surface area contributed by atoms with Crippen LogP contribution in [0.25, 0.3) is 87.0 Å². The summed E-state index contributed by atoms with van der Waals surface area (Å²) in [6.45, 7) is 0. The normalized spacial score (nSPS) is 11.6. The van der Waals surface area contributed by atoms with Crippen molar-refractivity contribution in [2.75, 3.05) is 0 Å². The van der Waals surface area contributed by atoms with Crippen molar-refractivity contribution in [3.63, 3.8) is 0 Å². The van der Waals surface area contributed by atoms with Crippen molar-refractivity contribution < 1.29 is 0 Å². The second-order valence-electron chi connectivity index (χ2n) is 11.3. The third-order valence-corrected chi connectivity index (χ3v) is 9.73. The largest absolute Gasteiger partial charge is 0.208 e. The molecule has 4 heteroatoms. The number of thiophene rings is 1. The summed E-state index contributed by atoms with van der Waals surface area (Å²) in [7, 11) is 0. The van der Waals surface area contributed by atoms with Crippen molar-refractivity contribution in [1.29, 1.82) is 0 Å². The molecule has 0 radical (unpaired) electrons. The van der Waals surface area contributed by atoms with E-state index in [1.54, 1.807) is 0 Å². The SMILES string of the molecule is c1ccc(-c2nc(-c3ccc(-c4ccc5ccc6c7ccccc7sc6c5c4)cc3)nc(-c3ccc4ccccc4c3)n2)cc1. The highest BCUT2D eigenvalue weighted by Crippen LogP contribution is 2.39. The summed E-state index contributed by atoms with van der Waals surface area (Å²) >= 11 is 1.87. The number of rotatable bonds is 4. The number of benzene rings is 7. The lowest BCUT2D eigenvalue weighted by atomic mass is 9.99. The molecule has 45 heavy (non-hydrogen) atoms. The van der Waals surface area contributed by atoms with Gasteiger partial charge in [-0.25, -0.2) is 15.0 Å². The van der Waals surface area contributed by atoms with Gasteiger partial charge in [0, 0.05) is 42.2 Å². The van der Waals surface area contributed by atoms with Gasteiger partial charge in [0.2, 0.25) is 0 Å². The Bertz CT molecular complexity index is 2530. The maximum absolute atomic E-state index is 4.98. The number of hydrogen-bond donors (Lipinski definition) is 0. The smallest absolute Gasteiger partial charge is 0.164 e. The third-order valence-electron chi connectivity index (χ3n) is 8.51. The first-order valence-corrected chi connectivity index (χ1v) is 15.8. The Hall–Kier alpha value is -5.71. The lowest BCUT2D eigenvalue weighted by molar-refractivity contribution is 1.07. The molecule has 0 saturated heterocycles. The molecule has 0 atom stereocenters. The molecule has 0 aliphatic heterocycles. The fourth-order valence-electron chi connectivity index (χ4n) is 6.17. The van der Waals surface area contributed by atoms with Crippen molar-refractivity contribution >= 4 is 53.1 Å². The van der Waals surface area contributed by atoms with E-state index in [1.807, 2.05) is 41.7 Å². The summed E-state index contributed by atoms with van der Waals surface area (Å²) in [4.78, 5) is 14.8. The fourth-order valence-corrected chi connectivity index (χ4v) is 7.40. The van der Waals surface area contributed by atoms with Gasteiger partial charge in [0.15, 0.2) is 17.5 Å². The van der Waals surface area contributed by atoms with Crippen LogP contribution in [0.15, 0.2) is 152 Å². The molecule has 210 valence electrons. The monoisotopic (exact) mass is 591 g/mol. The van der Waals surface area contributed by atoms with E-state index in [9.17, 15) is 0 Å². The van der Waals surface area contributed by atoms with Crippen LogP contribution in [0.3, 0.4) is 0 Å². The highest BCUT2D eigenvalue weighted by molar-refractivity contribution is 7.26. The van der Waals surface area contributed by atoms with Crippen LogP contribution in [0.4, 0.5) is 0 Å². The minimum absolute atomic E-state index is 0.657. The second-order valence-corrected chi connectivity index (χ2v) is 12.3. The summed E-state index contributed by atoms with van der Waals surface area (Å²) < 4.78 is 2.66. The van der Waals surface area contributed by atoms with Crippen molar-refractivity contribution in [2.45, 2.75) is 0 Å². The van der Waals surface area contributed by atoms with Crippen LogP contribution < -0.4 is 0 Å². The Labute approximate surface area is 264 Å². The number of aromatic nitrogens is 3. The van der Waals surface area contributed by atoms with Crippen LogP contribution in [-0.4, -0.2) is 15.0 Å². The molecule has 9 rings (SSSR count). The highest BCUT2D eigenvalue weighted by Gasteiger charge is 2.14. The Morgan fingerprint density at radius 2 is 0.911 bits per heavy atom. The van der Waals surface area contributed by atoms with Crippen molar-refractivity contribution in [3.05, 3.63) is 152 Å². The number of fused-ring (bicyclic) bond motifs is 6. The first-order chi connectivity index (χ1) is 22.3. The average molecular weight is 592 g/mol. The quantitative estimate of drug-likeness (QED) is 0.204. The van der Waals surface area contributed by atoms with Gasteiger partial charge in [0.25, 0.3) is 0 Å². The zero-order valence-electron chi connectivity index (χ0n) is 24.2. The molecule has 0 unspecified atom stereocenters. The van der Waals surface area contributed by atoms with Crippen LogP contribution in [0.5, 0.6) is 0 Å². The van der Waals surface area contributed by atoms with Gasteiger partial charge in [-0.2, -0.15) is 0 Å². The second kappa shape index (κ2) is 10.5. The van der Waals surface area contributed by atoms with Gasteiger partial charge in [0.05, 0.1) is 0 Å². The Morgan fingerprint density at radius 3 is 1.73 bits per heavy atom. The molecule has 3 nitrogen and oxygen atoms in total. The Balaban J connectivity index is 1.13. The summed E-state index contributed by atoms with van der Waals surface area (Å²) in [6, 6.07) is 53.4. The molecule has 7 aromatic carbocycles. The lowest BCUT2D eigenvalue weighted by Crippen LogP contribution is -2.00. The van der Waals surface area contributed by atoms with E-state index in [-0.39, 0.29) is 0 Å². The molecule has 0 amide bonds. The molecule has 0 bridgehead atoms. The third kappa shape index (κ3) is 4.55. The van der Waals surface area contributed by atoms with E-state index in [0.717, 1.165) is 27.6 Å². The highest BCUT2D eigenvalue weighted by atomic mass is 32.1. The predicted molar refractivity (Wildman–Crippen MR) is 189 cm³/mol. The van der Waals surface area contributed by atoms with Gasteiger partial charge in [-0.3, -0.25) is 0 Å². The summed E-state index contributed by atoms with van der Waals surface area (Å²) in [5.41, 5.74) is 5.23. The molecule has 0 saturated carbocycles. The van der Waals surface area contributed by atoms with Gasteiger partial charge >= 0.3 is 0 Å². The topological polar surface area (TPSA) is 38.7 Å². The van der Waals surface area contributed by atoms with Crippen LogP contribution in [0, 0.1) is 0 Å². The molecule has 2 heterocycles. The first kappa shape index (κ1) is 25.8. The number of hydrogen-bond acceptors (Lipinski definition) is 4. The van der Waals surface area contributed by atoms with Crippen LogP contribution in [0.1, 0.15) is 0 Å². The summed E-state index contributed by atoms with van der Waals surface area (Å²) in [5, 5.41) is 7.54. The maximum atomic E-state index is 4.98. The van der Waals surface area contributed by atoms with Gasteiger partial charge in [-0.15, -0.1) is 11.3 Å². The standard InChI is InChI=1S/C41H25N3S/c1-2-9-29(10-3-1)39-42-40(44-41(43-39)33-21-16-26-8-4-5-11-31(26)24-33)30-18-14-27(15-19-30)32-20-17-28-22-23-35-34-12-6-7-13-37(34)45-38(35)36(28)25-32/h1-25H. The van der Waals surface area contributed by atoms with E-state index in [1.165, 1.54) is 41.9 Å². The van der Waals surface area contributed by atoms with E-state index < -0.39 is 0 Å². The van der Waals surface area contributed by atoms with Crippen molar-refractivity contribution in [1.82, 2.24) is 15.0 Å². The molecule has 0 fully saturated rings. The zero-order valence-corrected chi connectivity index (χ0v) is 25.0. The van der Waals surface area contributed by atoms with E-state index in [4.69, 9.17) is 15.0 Å².